The Labute approximate surface area is 288 Å². The second-order valence-electron chi connectivity index (χ2n) is 10.7. The molecule has 0 saturated heterocycles. The van der Waals surface area contributed by atoms with Crippen molar-refractivity contribution < 1.29 is 14.4 Å². The van der Waals surface area contributed by atoms with E-state index < -0.39 is 17.1 Å². The topological polar surface area (TPSA) is 87.3 Å². The van der Waals surface area contributed by atoms with Gasteiger partial charge in [-0.3, -0.25) is 14.4 Å². The molecule has 9 heteroatoms. The van der Waals surface area contributed by atoms with Crippen molar-refractivity contribution in [2.75, 3.05) is 10.6 Å². The number of nitrogens with one attached hydrogen (secondary N) is 3. The van der Waals surface area contributed by atoms with Crippen molar-refractivity contribution in [2.24, 2.45) is 0 Å². The van der Waals surface area contributed by atoms with Crippen LogP contribution in [0.15, 0.2) is 132 Å². The van der Waals surface area contributed by atoms with Gasteiger partial charge in [0, 0.05) is 31.9 Å². The van der Waals surface area contributed by atoms with Gasteiger partial charge in [-0.25, -0.2) is 0 Å². The molecule has 1 atom stereocenters. The van der Waals surface area contributed by atoms with Gasteiger partial charge in [-0.2, -0.15) is 0 Å². The average Bonchev–Trinajstić information content (AvgIpc) is 3.07. The van der Waals surface area contributed by atoms with Gasteiger partial charge in [-0.05, 0) is 84.6 Å². The molecule has 0 aromatic heterocycles. The Bertz CT molecular complexity index is 1930. The van der Waals surface area contributed by atoms with Gasteiger partial charge in [0.05, 0.1) is 0 Å². The number of hydrogen-bond acceptors (Lipinski definition) is 4. The molecule has 0 aliphatic rings. The van der Waals surface area contributed by atoms with Crippen LogP contribution in [0.4, 0.5) is 11.4 Å². The third-order valence-corrected chi connectivity index (χ3v) is 9.02. The number of halogens is 2. The number of para-hydroxylation sites is 1. The molecular weight excluding hydrogens is 649 g/mol. The Morgan fingerprint density at radius 2 is 1.38 bits per heavy atom. The van der Waals surface area contributed by atoms with E-state index in [1.807, 2.05) is 68.4 Å². The first-order chi connectivity index (χ1) is 22.7. The zero-order valence-corrected chi connectivity index (χ0v) is 27.9. The summed E-state index contributed by atoms with van der Waals surface area (Å²) in [4.78, 5) is 41.2. The molecule has 0 radical (unpaired) electrons. The van der Waals surface area contributed by atoms with Crippen molar-refractivity contribution >= 4 is 70.1 Å². The summed E-state index contributed by atoms with van der Waals surface area (Å²) in [7, 11) is 0. The fraction of sp³-hybridized carbons (Fsp3) is 0.0789. The largest absolute Gasteiger partial charge is 0.324 e. The van der Waals surface area contributed by atoms with E-state index in [1.54, 1.807) is 66.7 Å². The smallest absolute Gasteiger partial charge is 0.272 e. The molecule has 5 aromatic carbocycles. The lowest BCUT2D eigenvalue weighted by Crippen LogP contribution is -2.30. The zero-order valence-electron chi connectivity index (χ0n) is 25.6. The number of benzene rings is 5. The van der Waals surface area contributed by atoms with Crippen LogP contribution in [0.3, 0.4) is 0 Å². The van der Waals surface area contributed by atoms with Gasteiger partial charge in [0.25, 0.3) is 11.8 Å². The molecule has 3 amide bonds. The molecule has 0 aliphatic carbocycles. The van der Waals surface area contributed by atoms with E-state index in [1.165, 1.54) is 17.8 Å². The molecule has 0 spiro atoms. The standard InChI is InChI=1S/C38H31Cl2N3O3S/c1-24-11-9-12-25(2)34(24)43-38(46)35(26-13-5-3-6-14-26)47-31-18-10-17-30(23-31)41-37(45)33(21-28-19-20-29(39)22-32(28)40)42-36(44)27-15-7-4-8-16-27/h3-23,35H,1-2H3,(H,41,45)(H,42,44)(H,43,46)/b33-21+. The number of amides is 3. The molecule has 0 fully saturated rings. The Balaban J connectivity index is 1.40. The van der Waals surface area contributed by atoms with Gasteiger partial charge in [0.2, 0.25) is 5.91 Å². The van der Waals surface area contributed by atoms with Crippen LogP contribution in [0.1, 0.15) is 37.9 Å². The van der Waals surface area contributed by atoms with Gasteiger partial charge in [-0.1, -0.05) is 102 Å². The number of thioether (sulfide) groups is 1. The van der Waals surface area contributed by atoms with Crippen LogP contribution in [0.2, 0.25) is 10.0 Å². The highest BCUT2D eigenvalue weighted by molar-refractivity contribution is 8.00. The van der Waals surface area contributed by atoms with Crippen LogP contribution in [0.25, 0.3) is 6.08 Å². The molecule has 0 heterocycles. The average molecular weight is 681 g/mol. The minimum absolute atomic E-state index is 0.0173. The van der Waals surface area contributed by atoms with Crippen LogP contribution in [-0.2, 0) is 9.59 Å². The molecule has 47 heavy (non-hydrogen) atoms. The normalized spacial score (nSPS) is 11.8. The second kappa shape index (κ2) is 15.6. The highest BCUT2D eigenvalue weighted by Crippen LogP contribution is 2.38. The van der Waals surface area contributed by atoms with Crippen LogP contribution < -0.4 is 16.0 Å². The molecule has 0 bridgehead atoms. The summed E-state index contributed by atoms with van der Waals surface area (Å²) < 4.78 is 0. The first-order valence-corrected chi connectivity index (χ1v) is 16.3. The minimum Gasteiger partial charge on any atom is -0.324 e. The van der Waals surface area contributed by atoms with E-state index in [-0.39, 0.29) is 11.6 Å². The molecule has 5 rings (SSSR count). The van der Waals surface area contributed by atoms with E-state index in [0.717, 1.165) is 27.3 Å². The van der Waals surface area contributed by atoms with E-state index in [2.05, 4.69) is 16.0 Å². The lowest BCUT2D eigenvalue weighted by atomic mass is 10.1. The minimum atomic E-state index is -0.575. The molecular formula is C38H31Cl2N3O3S. The van der Waals surface area contributed by atoms with Gasteiger partial charge in [-0.15, -0.1) is 11.8 Å². The highest BCUT2D eigenvalue weighted by atomic mass is 35.5. The van der Waals surface area contributed by atoms with Crippen molar-refractivity contribution in [2.45, 2.75) is 24.0 Å². The Morgan fingerprint density at radius 1 is 0.723 bits per heavy atom. The van der Waals surface area contributed by atoms with Crippen molar-refractivity contribution in [1.82, 2.24) is 5.32 Å². The van der Waals surface area contributed by atoms with E-state index >= 15 is 0 Å². The molecule has 3 N–H and O–H groups in total. The first-order valence-electron chi connectivity index (χ1n) is 14.7. The molecule has 5 aromatic rings. The summed E-state index contributed by atoms with van der Waals surface area (Å²) in [6.07, 6.45) is 1.50. The van der Waals surface area contributed by atoms with E-state index in [4.69, 9.17) is 23.2 Å². The maximum Gasteiger partial charge on any atom is 0.272 e. The summed E-state index contributed by atoms with van der Waals surface area (Å²) in [5.74, 6) is -1.18. The third-order valence-electron chi connectivity index (χ3n) is 7.21. The van der Waals surface area contributed by atoms with Crippen LogP contribution >= 0.6 is 35.0 Å². The predicted molar refractivity (Wildman–Crippen MR) is 193 cm³/mol. The molecule has 1 unspecified atom stereocenters. The maximum atomic E-state index is 13.7. The van der Waals surface area contributed by atoms with Crippen molar-refractivity contribution in [3.05, 3.63) is 165 Å². The number of hydrogen-bond donors (Lipinski definition) is 3. The molecule has 0 saturated carbocycles. The molecule has 236 valence electrons. The van der Waals surface area contributed by atoms with E-state index in [9.17, 15) is 14.4 Å². The van der Waals surface area contributed by atoms with Crippen molar-refractivity contribution in [3.63, 3.8) is 0 Å². The van der Waals surface area contributed by atoms with Gasteiger partial charge in [0.15, 0.2) is 0 Å². The Morgan fingerprint density at radius 3 is 2.06 bits per heavy atom. The fourth-order valence-corrected chi connectivity index (χ4v) is 6.35. The summed E-state index contributed by atoms with van der Waals surface area (Å²) in [6, 6.07) is 36.1. The number of anilines is 2. The van der Waals surface area contributed by atoms with Gasteiger partial charge < -0.3 is 16.0 Å². The first kappa shape index (κ1) is 33.5. The second-order valence-corrected chi connectivity index (χ2v) is 12.7. The number of carbonyl (C=O) groups is 3. The number of aryl methyl sites for hydroxylation is 2. The molecule has 6 nitrogen and oxygen atoms in total. The Hall–Kier alpha value is -4.82. The van der Waals surface area contributed by atoms with Crippen LogP contribution in [-0.4, -0.2) is 17.7 Å². The van der Waals surface area contributed by atoms with E-state index in [0.29, 0.717) is 26.9 Å². The van der Waals surface area contributed by atoms with Crippen LogP contribution in [0, 0.1) is 13.8 Å². The third kappa shape index (κ3) is 8.92. The summed E-state index contributed by atoms with van der Waals surface area (Å²) >= 11 is 13.8. The summed E-state index contributed by atoms with van der Waals surface area (Å²) in [6.45, 7) is 3.93. The molecule has 0 aliphatic heterocycles. The van der Waals surface area contributed by atoms with Gasteiger partial charge >= 0.3 is 0 Å². The quantitative estimate of drug-likeness (QED) is 0.101. The highest BCUT2D eigenvalue weighted by Gasteiger charge is 2.24. The fourth-order valence-electron chi connectivity index (χ4n) is 4.80. The van der Waals surface area contributed by atoms with Crippen molar-refractivity contribution in [1.29, 1.82) is 0 Å². The maximum absolute atomic E-state index is 13.7. The van der Waals surface area contributed by atoms with Crippen molar-refractivity contribution in [3.8, 4) is 0 Å². The van der Waals surface area contributed by atoms with Gasteiger partial charge in [0.1, 0.15) is 10.9 Å². The summed E-state index contributed by atoms with van der Waals surface area (Å²) in [5, 5.41) is 8.91. The predicted octanol–water partition coefficient (Wildman–Crippen LogP) is 9.49. The van der Waals surface area contributed by atoms with Crippen LogP contribution in [0.5, 0.6) is 0 Å². The number of carbonyl (C=O) groups excluding carboxylic acids is 3. The SMILES string of the molecule is Cc1cccc(C)c1NC(=O)C(Sc1cccc(NC(=O)/C(=C\c2ccc(Cl)cc2Cl)NC(=O)c2ccccc2)c1)c1ccccc1. The lowest BCUT2D eigenvalue weighted by molar-refractivity contribution is -0.116. The Kier molecular flexibility index (Phi) is 11.2. The lowest BCUT2D eigenvalue weighted by Gasteiger charge is -2.19. The summed E-state index contributed by atoms with van der Waals surface area (Å²) in [5.41, 5.74) is 4.92. The monoisotopic (exact) mass is 679 g/mol. The zero-order chi connectivity index (χ0) is 33.3. The number of rotatable bonds is 10.